The summed E-state index contributed by atoms with van der Waals surface area (Å²) >= 11 is 3.63. The van der Waals surface area contributed by atoms with Gasteiger partial charge < -0.3 is 20.9 Å². The highest BCUT2D eigenvalue weighted by Gasteiger charge is 2.34. The number of phenolic OH excluding ortho intramolecular Hbond substituents is 1. The van der Waals surface area contributed by atoms with Crippen LogP contribution in [0, 0.1) is 5.92 Å². The summed E-state index contributed by atoms with van der Waals surface area (Å²) in [5, 5.41) is 14.0. The highest BCUT2D eigenvalue weighted by atomic mass is 79.9. The minimum absolute atomic E-state index is 0.184. The van der Waals surface area contributed by atoms with Crippen molar-refractivity contribution in [2.24, 2.45) is 5.92 Å². The number of benzene rings is 1. The molecule has 1 aromatic carbocycles. The predicted octanol–water partition coefficient (Wildman–Crippen LogP) is 2.11. The first kappa shape index (κ1) is 16.1. The number of halogens is 1. The predicted molar refractivity (Wildman–Crippen MR) is 90.9 cm³/mol. The zero-order valence-electron chi connectivity index (χ0n) is 12.7. The summed E-state index contributed by atoms with van der Waals surface area (Å²) in [5.41, 5.74) is 7.35. The standard InChI is InChI=1S/C16H24BrN3O2/c17-12-1-2-13(18)16(21)14(12)15(11-3-9-22-10-4-11)20-7-5-19-6-8-20/h1-2,11,15,19,21H,3-10,18H2/t15-/m1/s1. The molecule has 122 valence electrons. The molecule has 1 aromatic rings. The third-order valence-corrected chi connectivity index (χ3v) is 5.44. The SMILES string of the molecule is Nc1ccc(Br)c([C@@H](C2CCOCC2)N2CCNCC2)c1O. The van der Waals surface area contributed by atoms with E-state index in [0.717, 1.165) is 62.3 Å². The van der Waals surface area contributed by atoms with Gasteiger partial charge in [-0.2, -0.15) is 0 Å². The van der Waals surface area contributed by atoms with Gasteiger partial charge in [0.2, 0.25) is 0 Å². The smallest absolute Gasteiger partial charge is 0.144 e. The van der Waals surface area contributed by atoms with Crippen molar-refractivity contribution in [3.8, 4) is 5.75 Å². The van der Waals surface area contributed by atoms with Crippen LogP contribution in [-0.2, 0) is 4.74 Å². The van der Waals surface area contributed by atoms with E-state index in [0.29, 0.717) is 11.6 Å². The van der Waals surface area contributed by atoms with Gasteiger partial charge in [0.1, 0.15) is 5.75 Å². The van der Waals surface area contributed by atoms with Gasteiger partial charge in [-0.05, 0) is 30.9 Å². The molecule has 1 atom stereocenters. The number of hydrogen-bond donors (Lipinski definition) is 3. The number of rotatable bonds is 3. The van der Waals surface area contributed by atoms with Crippen molar-refractivity contribution in [1.29, 1.82) is 0 Å². The second-order valence-corrected chi connectivity index (χ2v) is 6.93. The van der Waals surface area contributed by atoms with Crippen molar-refractivity contribution in [3.05, 3.63) is 22.2 Å². The molecule has 0 unspecified atom stereocenters. The lowest BCUT2D eigenvalue weighted by atomic mass is 9.85. The Bertz CT molecular complexity index is 496. The van der Waals surface area contributed by atoms with E-state index in [-0.39, 0.29) is 11.8 Å². The van der Waals surface area contributed by atoms with Crippen molar-refractivity contribution in [1.82, 2.24) is 10.2 Å². The zero-order chi connectivity index (χ0) is 15.5. The summed E-state index contributed by atoms with van der Waals surface area (Å²) in [6, 6.07) is 3.88. The van der Waals surface area contributed by atoms with Gasteiger partial charge in [0.15, 0.2) is 0 Å². The molecule has 0 spiro atoms. The van der Waals surface area contributed by atoms with Crippen LogP contribution in [-0.4, -0.2) is 49.4 Å². The second-order valence-electron chi connectivity index (χ2n) is 6.08. The molecule has 22 heavy (non-hydrogen) atoms. The summed E-state index contributed by atoms with van der Waals surface area (Å²) in [6.45, 7) is 5.55. The molecule has 6 heteroatoms. The quantitative estimate of drug-likeness (QED) is 0.562. The van der Waals surface area contributed by atoms with Gasteiger partial charge in [-0.1, -0.05) is 15.9 Å². The molecule has 0 amide bonds. The Labute approximate surface area is 139 Å². The van der Waals surface area contributed by atoms with E-state index >= 15 is 0 Å². The monoisotopic (exact) mass is 369 g/mol. The molecule has 4 N–H and O–H groups in total. The first-order chi connectivity index (χ1) is 10.7. The first-order valence-corrected chi connectivity index (χ1v) is 8.77. The molecule has 2 aliphatic heterocycles. The normalized spacial score (nSPS) is 22.6. The van der Waals surface area contributed by atoms with Crippen LogP contribution in [0.5, 0.6) is 5.75 Å². The number of nitrogens with two attached hydrogens (primary N) is 1. The number of nitrogens with zero attached hydrogens (tertiary/aromatic N) is 1. The lowest BCUT2D eigenvalue weighted by Crippen LogP contribution is -2.47. The van der Waals surface area contributed by atoms with Crippen LogP contribution < -0.4 is 11.1 Å². The number of piperazine rings is 1. The summed E-state index contributed by atoms with van der Waals surface area (Å²) in [5.74, 6) is 0.709. The largest absolute Gasteiger partial charge is 0.505 e. The van der Waals surface area contributed by atoms with Crippen LogP contribution in [0.3, 0.4) is 0 Å². The lowest BCUT2D eigenvalue weighted by molar-refractivity contribution is 0.0204. The Morgan fingerprint density at radius 1 is 1.27 bits per heavy atom. The van der Waals surface area contributed by atoms with E-state index in [9.17, 15) is 5.11 Å². The van der Waals surface area contributed by atoms with Crippen molar-refractivity contribution < 1.29 is 9.84 Å². The zero-order valence-corrected chi connectivity index (χ0v) is 14.3. The van der Waals surface area contributed by atoms with Crippen LogP contribution in [0.15, 0.2) is 16.6 Å². The molecule has 0 saturated carbocycles. The number of anilines is 1. The molecule has 3 rings (SSSR count). The maximum Gasteiger partial charge on any atom is 0.144 e. The van der Waals surface area contributed by atoms with E-state index < -0.39 is 0 Å². The van der Waals surface area contributed by atoms with Gasteiger partial charge in [0.25, 0.3) is 0 Å². The Balaban J connectivity index is 1.98. The number of hydrogen-bond acceptors (Lipinski definition) is 5. The third-order valence-electron chi connectivity index (χ3n) is 4.75. The summed E-state index contributed by atoms with van der Waals surface area (Å²) < 4.78 is 6.47. The molecule has 0 radical (unpaired) electrons. The Morgan fingerprint density at radius 2 is 1.95 bits per heavy atom. The molecule has 2 fully saturated rings. The second kappa shape index (κ2) is 7.17. The molecular formula is C16H24BrN3O2. The molecule has 2 saturated heterocycles. The first-order valence-electron chi connectivity index (χ1n) is 7.98. The number of phenols is 1. The fourth-order valence-corrected chi connectivity index (χ4v) is 4.14. The Kier molecular flexibility index (Phi) is 5.23. The minimum Gasteiger partial charge on any atom is -0.505 e. The van der Waals surface area contributed by atoms with Gasteiger partial charge in [0.05, 0.1) is 5.69 Å². The lowest BCUT2D eigenvalue weighted by Gasteiger charge is -2.41. The summed E-state index contributed by atoms with van der Waals surface area (Å²) in [4.78, 5) is 2.48. The maximum atomic E-state index is 10.6. The summed E-state index contributed by atoms with van der Waals surface area (Å²) in [6.07, 6.45) is 2.05. The van der Waals surface area contributed by atoms with E-state index in [4.69, 9.17) is 10.5 Å². The summed E-state index contributed by atoms with van der Waals surface area (Å²) in [7, 11) is 0. The van der Waals surface area contributed by atoms with Gasteiger partial charge in [-0.3, -0.25) is 4.90 Å². The number of ether oxygens (including phenoxy) is 1. The van der Waals surface area contributed by atoms with Crippen LogP contribution in [0.4, 0.5) is 5.69 Å². The molecule has 2 heterocycles. The van der Waals surface area contributed by atoms with Crippen LogP contribution >= 0.6 is 15.9 Å². The maximum absolute atomic E-state index is 10.6. The van der Waals surface area contributed by atoms with Gasteiger partial charge in [-0.25, -0.2) is 0 Å². The average Bonchev–Trinajstić information content (AvgIpc) is 2.57. The molecule has 5 nitrogen and oxygen atoms in total. The van der Waals surface area contributed by atoms with Crippen molar-refractivity contribution in [2.45, 2.75) is 18.9 Å². The van der Waals surface area contributed by atoms with Crippen molar-refractivity contribution in [2.75, 3.05) is 45.1 Å². The van der Waals surface area contributed by atoms with Crippen LogP contribution in [0.25, 0.3) is 0 Å². The Hall–Kier alpha value is -0.820. The highest BCUT2D eigenvalue weighted by molar-refractivity contribution is 9.10. The van der Waals surface area contributed by atoms with Crippen molar-refractivity contribution in [3.63, 3.8) is 0 Å². The number of nitrogen functional groups attached to an aromatic ring is 1. The van der Waals surface area contributed by atoms with E-state index in [2.05, 4.69) is 26.1 Å². The van der Waals surface area contributed by atoms with E-state index in [1.807, 2.05) is 6.07 Å². The highest BCUT2D eigenvalue weighted by Crippen LogP contribution is 2.44. The van der Waals surface area contributed by atoms with Crippen LogP contribution in [0.2, 0.25) is 0 Å². The average molecular weight is 370 g/mol. The fraction of sp³-hybridized carbons (Fsp3) is 0.625. The molecule has 0 bridgehead atoms. The molecule has 0 aromatic heterocycles. The van der Waals surface area contributed by atoms with Gasteiger partial charge in [-0.15, -0.1) is 0 Å². The third kappa shape index (κ3) is 3.25. The number of aromatic hydroxyl groups is 1. The van der Waals surface area contributed by atoms with Gasteiger partial charge in [0, 0.05) is 55.5 Å². The van der Waals surface area contributed by atoms with E-state index in [1.165, 1.54) is 0 Å². The van der Waals surface area contributed by atoms with E-state index in [1.54, 1.807) is 6.07 Å². The fourth-order valence-electron chi connectivity index (χ4n) is 3.59. The topological polar surface area (TPSA) is 70.8 Å². The Morgan fingerprint density at radius 3 is 2.64 bits per heavy atom. The van der Waals surface area contributed by atoms with Crippen molar-refractivity contribution >= 4 is 21.6 Å². The minimum atomic E-state index is 0.184. The van der Waals surface area contributed by atoms with Crippen LogP contribution in [0.1, 0.15) is 24.4 Å². The molecule has 0 aliphatic carbocycles. The van der Waals surface area contributed by atoms with Gasteiger partial charge >= 0.3 is 0 Å². The molecule has 2 aliphatic rings. The number of nitrogens with one attached hydrogen (secondary N) is 1. The molecular weight excluding hydrogens is 346 g/mol.